The van der Waals surface area contributed by atoms with Crippen LogP contribution < -0.4 is 11.1 Å². The SMILES string of the molecule is CCN1CCC(CNc2ccc3cnccc3c2N)C1. The summed E-state index contributed by atoms with van der Waals surface area (Å²) in [7, 11) is 0. The predicted molar refractivity (Wildman–Crippen MR) is 84.9 cm³/mol. The quantitative estimate of drug-likeness (QED) is 0.838. The van der Waals surface area contributed by atoms with Crippen molar-refractivity contribution in [1.82, 2.24) is 9.88 Å². The fourth-order valence-electron chi connectivity index (χ4n) is 2.97. The van der Waals surface area contributed by atoms with Crippen molar-refractivity contribution in [2.75, 3.05) is 37.2 Å². The number of nitrogens with two attached hydrogens (primary N) is 1. The van der Waals surface area contributed by atoms with E-state index in [1.54, 1.807) is 6.20 Å². The van der Waals surface area contributed by atoms with Crippen LogP contribution in [0.5, 0.6) is 0 Å². The number of hydrogen-bond acceptors (Lipinski definition) is 4. The molecule has 20 heavy (non-hydrogen) atoms. The van der Waals surface area contributed by atoms with Crippen LogP contribution in [0.1, 0.15) is 13.3 Å². The number of rotatable bonds is 4. The Bertz CT molecular complexity index is 596. The second-order valence-electron chi connectivity index (χ2n) is 5.55. The number of hydrogen-bond donors (Lipinski definition) is 2. The molecule has 1 atom stereocenters. The van der Waals surface area contributed by atoms with E-state index in [2.05, 4.69) is 34.3 Å². The van der Waals surface area contributed by atoms with Crippen molar-refractivity contribution in [2.45, 2.75) is 13.3 Å². The third-order valence-corrected chi connectivity index (χ3v) is 4.26. The van der Waals surface area contributed by atoms with Gasteiger partial charge in [-0.1, -0.05) is 13.0 Å². The summed E-state index contributed by atoms with van der Waals surface area (Å²) in [5.41, 5.74) is 8.13. The fourth-order valence-corrected chi connectivity index (χ4v) is 2.97. The molecule has 3 rings (SSSR count). The normalized spacial score (nSPS) is 19.6. The highest BCUT2D eigenvalue weighted by molar-refractivity contribution is 5.98. The molecule has 0 spiro atoms. The molecular formula is C16H22N4. The third-order valence-electron chi connectivity index (χ3n) is 4.26. The number of nitrogens with zero attached hydrogens (tertiary/aromatic N) is 2. The van der Waals surface area contributed by atoms with Crippen LogP contribution in [0.25, 0.3) is 10.8 Å². The zero-order valence-electron chi connectivity index (χ0n) is 12.0. The number of anilines is 2. The van der Waals surface area contributed by atoms with E-state index in [4.69, 9.17) is 5.73 Å². The summed E-state index contributed by atoms with van der Waals surface area (Å²) in [5.74, 6) is 0.725. The summed E-state index contributed by atoms with van der Waals surface area (Å²) in [6.07, 6.45) is 4.92. The van der Waals surface area contributed by atoms with Crippen LogP contribution in [0.15, 0.2) is 30.6 Å². The minimum Gasteiger partial charge on any atom is -0.397 e. The number of nitrogen functional groups attached to an aromatic ring is 1. The van der Waals surface area contributed by atoms with Crippen LogP contribution in [0.4, 0.5) is 11.4 Å². The van der Waals surface area contributed by atoms with E-state index >= 15 is 0 Å². The van der Waals surface area contributed by atoms with Gasteiger partial charge in [-0.3, -0.25) is 4.98 Å². The minimum absolute atomic E-state index is 0.725. The molecule has 4 nitrogen and oxygen atoms in total. The van der Waals surface area contributed by atoms with Crippen LogP contribution in [0.2, 0.25) is 0 Å². The molecule has 4 heteroatoms. The lowest BCUT2D eigenvalue weighted by Crippen LogP contribution is -2.22. The molecule has 2 aromatic rings. The van der Waals surface area contributed by atoms with E-state index < -0.39 is 0 Å². The summed E-state index contributed by atoms with van der Waals surface area (Å²) >= 11 is 0. The van der Waals surface area contributed by atoms with Gasteiger partial charge in [-0.2, -0.15) is 0 Å². The van der Waals surface area contributed by atoms with Gasteiger partial charge < -0.3 is 16.0 Å². The van der Waals surface area contributed by atoms with Crippen molar-refractivity contribution in [3.8, 4) is 0 Å². The lowest BCUT2D eigenvalue weighted by Gasteiger charge is -2.16. The lowest BCUT2D eigenvalue weighted by atomic mass is 10.1. The number of aromatic nitrogens is 1. The van der Waals surface area contributed by atoms with E-state index in [0.29, 0.717) is 0 Å². The Hall–Kier alpha value is -1.81. The summed E-state index contributed by atoms with van der Waals surface area (Å²) in [6, 6.07) is 6.12. The molecule has 1 saturated heterocycles. The molecule has 1 aliphatic heterocycles. The summed E-state index contributed by atoms with van der Waals surface area (Å²) < 4.78 is 0. The Balaban J connectivity index is 1.70. The van der Waals surface area contributed by atoms with Gasteiger partial charge >= 0.3 is 0 Å². The highest BCUT2D eigenvalue weighted by Gasteiger charge is 2.20. The number of fused-ring (bicyclic) bond motifs is 1. The lowest BCUT2D eigenvalue weighted by molar-refractivity contribution is 0.345. The molecule has 2 heterocycles. The number of likely N-dealkylation sites (tertiary alicyclic amines) is 1. The van der Waals surface area contributed by atoms with Crippen LogP contribution >= 0.6 is 0 Å². The predicted octanol–water partition coefficient (Wildman–Crippen LogP) is 2.57. The Labute approximate surface area is 120 Å². The molecule has 0 saturated carbocycles. The van der Waals surface area contributed by atoms with Gasteiger partial charge in [-0.15, -0.1) is 0 Å². The van der Waals surface area contributed by atoms with Gasteiger partial charge in [0.1, 0.15) is 0 Å². The average molecular weight is 270 g/mol. The summed E-state index contributed by atoms with van der Waals surface area (Å²) in [4.78, 5) is 6.63. The van der Waals surface area contributed by atoms with E-state index in [-0.39, 0.29) is 0 Å². The first-order chi connectivity index (χ1) is 9.78. The van der Waals surface area contributed by atoms with Crippen LogP contribution in [-0.2, 0) is 0 Å². The van der Waals surface area contributed by atoms with Crippen molar-refractivity contribution in [2.24, 2.45) is 5.92 Å². The molecule has 0 aliphatic carbocycles. The third kappa shape index (κ3) is 2.56. The van der Waals surface area contributed by atoms with E-state index in [0.717, 1.165) is 41.2 Å². The standard InChI is InChI=1S/C16H22N4/c1-2-20-8-6-12(11-20)9-19-15-4-3-13-10-18-7-5-14(13)16(15)17/h3-5,7,10,12,19H,2,6,8-9,11,17H2,1H3. The van der Waals surface area contributed by atoms with E-state index in [1.165, 1.54) is 19.5 Å². The molecule has 0 bridgehead atoms. The van der Waals surface area contributed by atoms with Crippen molar-refractivity contribution in [3.63, 3.8) is 0 Å². The zero-order chi connectivity index (χ0) is 13.9. The summed E-state index contributed by atoms with van der Waals surface area (Å²) in [6.45, 7) is 6.80. The first-order valence-electron chi connectivity index (χ1n) is 7.36. The molecule has 1 unspecified atom stereocenters. The van der Waals surface area contributed by atoms with Crippen LogP contribution in [0.3, 0.4) is 0 Å². The maximum absolute atomic E-state index is 6.26. The van der Waals surface area contributed by atoms with Gasteiger partial charge in [-0.05, 0) is 37.6 Å². The van der Waals surface area contributed by atoms with Gasteiger partial charge in [0.25, 0.3) is 0 Å². The van der Waals surface area contributed by atoms with Crippen molar-refractivity contribution in [3.05, 3.63) is 30.6 Å². The highest BCUT2D eigenvalue weighted by Crippen LogP contribution is 2.28. The number of pyridine rings is 1. The monoisotopic (exact) mass is 270 g/mol. The van der Waals surface area contributed by atoms with Gasteiger partial charge in [0.2, 0.25) is 0 Å². The molecule has 3 N–H and O–H groups in total. The molecule has 1 aromatic carbocycles. The maximum atomic E-state index is 6.26. The van der Waals surface area contributed by atoms with Gasteiger partial charge in [-0.25, -0.2) is 0 Å². The zero-order valence-corrected chi connectivity index (χ0v) is 12.0. The smallest absolute Gasteiger partial charge is 0.0630 e. The second-order valence-corrected chi connectivity index (χ2v) is 5.55. The van der Waals surface area contributed by atoms with Crippen LogP contribution in [-0.4, -0.2) is 36.1 Å². The largest absolute Gasteiger partial charge is 0.397 e. The highest BCUT2D eigenvalue weighted by atomic mass is 15.1. The first-order valence-corrected chi connectivity index (χ1v) is 7.36. The molecule has 106 valence electrons. The molecule has 0 radical (unpaired) electrons. The number of benzene rings is 1. The molecule has 1 fully saturated rings. The Morgan fingerprint density at radius 3 is 3.10 bits per heavy atom. The van der Waals surface area contributed by atoms with Crippen LogP contribution in [0, 0.1) is 5.92 Å². The number of nitrogens with one attached hydrogen (secondary N) is 1. The molecule has 1 aliphatic rings. The van der Waals surface area contributed by atoms with E-state index in [9.17, 15) is 0 Å². The maximum Gasteiger partial charge on any atom is 0.0630 e. The van der Waals surface area contributed by atoms with Crippen molar-refractivity contribution < 1.29 is 0 Å². The first kappa shape index (κ1) is 13.2. The average Bonchev–Trinajstić information content (AvgIpc) is 2.95. The Morgan fingerprint density at radius 2 is 2.30 bits per heavy atom. The van der Waals surface area contributed by atoms with E-state index in [1.807, 2.05) is 12.3 Å². The van der Waals surface area contributed by atoms with Gasteiger partial charge in [0.15, 0.2) is 0 Å². The summed E-state index contributed by atoms with van der Waals surface area (Å²) in [5, 5.41) is 5.69. The second kappa shape index (κ2) is 5.67. The Kier molecular flexibility index (Phi) is 3.74. The van der Waals surface area contributed by atoms with Crippen molar-refractivity contribution >= 4 is 22.1 Å². The Morgan fingerprint density at radius 1 is 1.40 bits per heavy atom. The fraction of sp³-hybridized carbons (Fsp3) is 0.438. The minimum atomic E-state index is 0.725. The van der Waals surface area contributed by atoms with Gasteiger partial charge in [0, 0.05) is 36.3 Å². The molecule has 1 aromatic heterocycles. The topological polar surface area (TPSA) is 54.2 Å². The molecular weight excluding hydrogens is 248 g/mol. The molecule has 0 amide bonds. The van der Waals surface area contributed by atoms with Gasteiger partial charge in [0.05, 0.1) is 11.4 Å². The van der Waals surface area contributed by atoms with Crippen molar-refractivity contribution in [1.29, 1.82) is 0 Å².